The Balaban J connectivity index is 2.62. The van der Waals surface area contributed by atoms with Crippen molar-refractivity contribution in [3.63, 3.8) is 0 Å². The maximum absolute atomic E-state index is 13.6. The van der Waals surface area contributed by atoms with Crippen LogP contribution in [0.3, 0.4) is 0 Å². The number of halogens is 1. The summed E-state index contributed by atoms with van der Waals surface area (Å²) in [6.07, 6.45) is -0.950. The van der Waals surface area contributed by atoms with Crippen molar-refractivity contribution in [2.24, 2.45) is 0 Å². The fourth-order valence-electron chi connectivity index (χ4n) is 2.05. The van der Waals surface area contributed by atoms with Crippen LogP contribution in [0.1, 0.15) is 39.4 Å². The third-order valence-electron chi connectivity index (χ3n) is 3.02. The van der Waals surface area contributed by atoms with E-state index in [4.69, 9.17) is 0 Å². The lowest BCUT2D eigenvalue weighted by Crippen LogP contribution is -2.46. The Morgan fingerprint density at radius 3 is 2.52 bits per heavy atom. The van der Waals surface area contributed by atoms with Crippen LogP contribution >= 0.6 is 0 Å². The van der Waals surface area contributed by atoms with E-state index in [1.54, 1.807) is 23.1 Å². The molecule has 0 heterocycles. The second-order valence-electron chi connectivity index (χ2n) is 6.16. The van der Waals surface area contributed by atoms with E-state index >= 15 is 0 Å². The summed E-state index contributed by atoms with van der Waals surface area (Å²) >= 11 is 0. The summed E-state index contributed by atoms with van der Waals surface area (Å²) in [5.41, 5.74) is -0.0344. The van der Waals surface area contributed by atoms with Gasteiger partial charge in [-0.2, -0.15) is 0 Å². The van der Waals surface area contributed by atoms with Gasteiger partial charge in [-0.1, -0.05) is 25.1 Å². The number of likely N-dealkylation sites (N-methyl/N-ethyl adjacent to an activating group) is 1. The highest BCUT2D eigenvalue weighted by Crippen LogP contribution is 2.17. The number of benzene rings is 1. The van der Waals surface area contributed by atoms with Crippen LogP contribution in [-0.2, 0) is 4.79 Å². The fraction of sp³-hybridized carbons (Fsp3) is 0.562. The molecule has 0 aromatic heterocycles. The van der Waals surface area contributed by atoms with Gasteiger partial charge in [0.2, 0.25) is 5.91 Å². The molecule has 0 aliphatic carbocycles. The second kappa shape index (κ2) is 7.52. The molecule has 118 valence electrons. The third-order valence-corrected chi connectivity index (χ3v) is 3.02. The van der Waals surface area contributed by atoms with Gasteiger partial charge in [-0.3, -0.25) is 9.69 Å². The van der Waals surface area contributed by atoms with Gasteiger partial charge in [-0.25, -0.2) is 4.39 Å². The molecule has 1 aromatic carbocycles. The average Bonchev–Trinajstić information content (AvgIpc) is 2.36. The summed E-state index contributed by atoms with van der Waals surface area (Å²) in [7, 11) is 0. The number of amides is 1. The van der Waals surface area contributed by atoms with Gasteiger partial charge in [-0.15, -0.1) is 0 Å². The van der Waals surface area contributed by atoms with E-state index < -0.39 is 11.9 Å². The number of hydrogen-bond donors (Lipinski definition) is 2. The molecule has 0 fully saturated rings. The molecule has 0 unspecified atom stereocenters. The van der Waals surface area contributed by atoms with Crippen LogP contribution in [0.15, 0.2) is 24.3 Å². The first-order valence-electron chi connectivity index (χ1n) is 7.18. The van der Waals surface area contributed by atoms with Crippen molar-refractivity contribution >= 4 is 5.91 Å². The Labute approximate surface area is 126 Å². The van der Waals surface area contributed by atoms with Crippen LogP contribution in [0.25, 0.3) is 0 Å². The molecule has 1 atom stereocenters. The first-order chi connectivity index (χ1) is 9.73. The van der Waals surface area contributed by atoms with E-state index in [0.29, 0.717) is 6.54 Å². The van der Waals surface area contributed by atoms with Crippen LogP contribution in [0.2, 0.25) is 0 Å². The second-order valence-corrected chi connectivity index (χ2v) is 6.16. The van der Waals surface area contributed by atoms with E-state index in [9.17, 15) is 14.3 Å². The molecule has 1 aromatic rings. The number of hydrogen-bond acceptors (Lipinski definition) is 3. The molecular formula is C16H25FN2O2. The number of carbonyl (C=O) groups excluding carboxylic acids is 1. The zero-order chi connectivity index (χ0) is 16.0. The summed E-state index contributed by atoms with van der Waals surface area (Å²) in [5.74, 6) is -0.537. The monoisotopic (exact) mass is 296 g/mol. The molecule has 0 saturated carbocycles. The highest BCUT2D eigenvalue weighted by atomic mass is 19.1. The number of carbonyl (C=O) groups is 1. The van der Waals surface area contributed by atoms with Crippen molar-refractivity contribution in [2.45, 2.75) is 39.3 Å². The van der Waals surface area contributed by atoms with Gasteiger partial charge >= 0.3 is 0 Å². The zero-order valence-corrected chi connectivity index (χ0v) is 13.2. The predicted molar refractivity (Wildman–Crippen MR) is 81.4 cm³/mol. The molecule has 5 heteroatoms. The van der Waals surface area contributed by atoms with Gasteiger partial charge in [0, 0.05) is 17.6 Å². The topological polar surface area (TPSA) is 52.6 Å². The van der Waals surface area contributed by atoms with Crippen molar-refractivity contribution < 1.29 is 14.3 Å². The third kappa shape index (κ3) is 6.23. The Kier molecular flexibility index (Phi) is 6.30. The Hall–Kier alpha value is -1.46. The van der Waals surface area contributed by atoms with E-state index in [2.05, 4.69) is 5.32 Å². The largest absolute Gasteiger partial charge is 0.387 e. The van der Waals surface area contributed by atoms with E-state index in [-0.39, 0.29) is 30.1 Å². The Morgan fingerprint density at radius 2 is 2.00 bits per heavy atom. The van der Waals surface area contributed by atoms with Crippen LogP contribution in [0, 0.1) is 5.82 Å². The molecule has 4 nitrogen and oxygen atoms in total. The van der Waals surface area contributed by atoms with Crippen molar-refractivity contribution in [2.75, 3.05) is 19.6 Å². The van der Waals surface area contributed by atoms with Crippen LogP contribution in [0.5, 0.6) is 0 Å². The molecular weight excluding hydrogens is 271 g/mol. The minimum atomic E-state index is -0.950. The molecule has 0 radical (unpaired) electrons. The van der Waals surface area contributed by atoms with E-state index in [0.717, 1.165) is 0 Å². The van der Waals surface area contributed by atoms with Gasteiger partial charge < -0.3 is 10.4 Å². The van der Waals surface area contributed by atoms with Gasteiger partial charge in [0.25, 0.3) is 0 Å². The first-order valence-corrected chi connectivity index (χ1v) is 7.18. The minimum Gasteiger partial charge on any atom is -0.387 e. The highest BCUT2D eigenvalue weighted by Gasteiger charge is 2.19. The summed E-state index contributed by atoms with van der Waals surface area (Å²) < 4.78 is 13.6. The quantitative estimate of drug-likeness (QED) is 0.845. The van der Waals surface area contributed by atoms with Crippen molar-refractivity contribution in [1.82, 2.24) is 10.2 Å². The lowest BCUT2D eigenvalue weighted by Gasteiger charge is -2.26. The Morgan fingerprint density at radius 1 is 1.38 bits per heavy atom. The molecule has 1 rings (SSSR count). The normalized spacial score (nSPS) is 13.3. The first kappa shape index (κ1) is 17.6. The summed E-state index contributed by atoms with van der Waals surface area (Å²) in [4.78, 5) is 13.7. The number of aliphatic hydroxyl groups excluding tert-OH is 1. The highest BCUT2D eigenvalue weighted by molar-refractivity contribution is 5.78. The summed E-state index contributed by atoms with van der Waals surface area (Å²) in [5, 5.41) is 13.0. The van der Waals surface area contributed by atoms with Crippen LogP contribution in [-0.4, -0.2) is 41.1 Å². The van der Waals surface area contributed by atoms with E-state index in [1.165, 1.54) is 6.07 Å². The van der Waals surface area contributed by atoms with Crippen LogP contribution < -0.4 is 5.32 Å². The Bertz CT molecular complexity index is 472. The van der Waals surface area contributed by atoms with Gasteiger partial charge in [0.1, 0.15) is 5.82 Å². The molecule has 2 N–H and O–H groups in total. The number of nitrogens with zero attached hydrogens (tertiary/aromatic N) is 1. The van der Waals surface area contributed by atoms with Crippen LogP contribution in [0.4, 0.5) is 4.39 Å². The van der Waals surface area contributed by atoms with Gasteiger partial charge in [-0.05, 0) is 33.4 Å². The molecule has 0 aliphatic heterocycles. The molecule has 0 spiro atoms. The standard InChI is InChI=1S/C16H25FN2O2/c1-5-19(11-15(21)18-16(2,3)4)10-14(20)12-8-6-7-9-13(12)17/h6-9,14,20H,5,10-11H2,1-4H3,(H,18,21)/t14-/m0/s1. The zero-order valence-electron chi connectivity index (χ0n) is 13.2. The molecule has 21 heavy (non-hydrogen) atoms. The number of nitrogens with one attached hydrogen (secondary N) is 1. The predicted octanol–water partition coefficient (Wildman–Crippen LogP) is 2.10. The molecule has 0 saturated heterocycles. The van der Waals surface area contributed by atoms with Gasteiger partial charge in [0.15, 0.2) is 0 Å². The number of rotatable bonds is 6. The minimum absolute atomic E-state index is 0.106. The lowest BCUT2D eigenvalue weighted by atomic mass is 10.1. The molecule has 1 amide bonds. The van der Waals surface area contributed by atoms with Gasteiger partial charge in [0.05, 0.1) is 12.6 Å². The summed E-state index contributed by atoms with van der Waals surface area (Å²) in [6, 6.07) is 6.15. The smallest absolute Gasteiger partial charge is 0.234 e. The summed E-state index contributed by atoms with van der Waals surface area (Å²) in [6.45, 7) is 8.63. The maximum Gasteiger partial charge on any atom is 0.234 e. The van der Waals surface area contributed by atoms with Crippen molar-refractivity contribution in [3.8, 4) is 0 Å². The van der Waals surface area contributed by atoms with Crippen molar-refractivity contribution in [1.29, 1.82) is 0 Å². The van der Waals surface area contributed by atoms with Crippen molar-refractivity contribution in [3.05, 3.63) is 35.6 Å². The SMILES string of the molecule is CCN(CC(=O)NC(C)(C)C)C[C@H](O)c1ccccc1F. The molecule has 0 aliphatic rings. The maximum atomic E-state index is 13.6. The number of aliphatic hydroxyl groups is 1. The molecule has 0 bridgehead atoms. The fourth-order valence-corrected chi connectivity index (χ4v) is 2.05. The lowest BCUT2D eigenvalue weighted by molar-refractivity contribution is -0.123. The van der Waals surface area contributed by atoms with E-state index in [1.807, 2.05) is 27.7 Å². The average molecular weight is 296 g/mol.